The van der Waals surface area contributed by atoms with E-state index in [9.17, 15) is 5.11 Å². The molecule has 3 heteroatoms. The number of aliphatic hydroxyl groups excluding tert-OH is 1. The van der Waals surface area contributed by atoms with Gasteiger partial charge in [-0.2, -0.15) is 0 Å². The zero-order valence-electron chi connectivity index (χ0n) is 8.73. The van der Waals surface area contributed by atoms with Crippen molar-refractivity contribution in [3.8, 4) is 0 Å². The number of hydrogen-bond acceptors (Lipinski definition) is 3. The van der Waals surface area contributed by atoms with Crippen LogP contribution >= 0.6 is 0 Å². The summed E-state index contributed by atoms with van der Waals surface area (Å²) in [5, 5.41) is 9.69. The molecule has 1 aromatic rings. The van der Waals surface area contributed by atoms with Crippen LogP contribution in [0.3, 0.4) is 0 Å². The Balaban J connectivity index is 2.64. The van der Waals surface area contributed by atoms with E-state index in [-0.39, 0.29) is 0 Å². The number of benzene rings is 1. The van der Waals surface area contributed by atoms with E-state index in [1.807, 2.05) is 18.2 Å². The van der Waals surface area contributed by atoms with Crippen LogP contribution in [0.25, 0.3) is 0 Å². The molecule has 0 aliphatic rings. The van der Waals surface area contributed by atoms with Crippen molar-refractivity contribution < 1.29 is 14.6 Å². The first-order valence-electron chi connectivity index (χ1n) is 4.51. The first-order valence-corrected chi connectivity index (χ1v) is 4.51. The third kappa shape index (κ3) is 3.10. The summed E-state index contributed by atoms with van der Waals surface area (Å²) in [6.45, 7) is 3.50. The van der Waals surface area contributed by atoms with Gasteiger partial charge in [-0.1, -0.05) is 30.3 Å². The van der Waals surface area contributed by atoms with Gasteiger partial charge < -0.3 is 14.6 Å². The molecule has 0 saturated carbocycles. The van der Waals surface area contributed by atoms with Crippen LogP contribution in [0.1, 0.15) is 25.7 Å². The normalized spacial score (nSPS) is 14.0. The second-order valence-corrected chi connectivity index (χ2v) is 3.48. The maximum absolute atomic E-state index is 9.69. The van der Waals surface area contributed by atoms with Crippen LogP contribution in [0.5, 0.6) is 0 Å². The lowest BCUT2D eigenvalue weighted by Crippen LogP contribution is -2.28. The molecule has 0 amide bonds. The summed E-state index contributed by atoms with van der Waals surface area (Å²) in [4.78, 5) is 0. The van der Waals surface area contributed by atoms with E-state index in [4.69, 9.17) is 9.47 Å². The summed E-state index contributed by atoms with van der Waals surface area (Å²) in [5.41, 5.74) is 0.720. The van der Waals surface area contributed by atoms with Gasteiger partial charge in [-0.25, -0.2) is 0 Å². The molecule has 0 fully saturated rings. The predicted molar refractivity (Wildman–Crippen MR) is 53.6 cm³/mol. The number of rotatable bonds is 4. The molecule has 0 spiro atoms. The minimum atomic E-state index is -0.953. The second kappa shape index (κ2) is 4.55. The molecule has 1 aromatic carbocycles. The Morgan fingerprint density at radius 1 is 1.21 bits per heavy atom. The van der Waals surface area contributed by atoms with Gasteiger partial charge in [0.25, 0.3) is 0 Å². The smallest absolute Gasteiger partial charge is 0.184 e. The SMILES string of the molecule is COC(C)(C)O[C@@H](O)c1ccccc1. The fourth-order valence-electron chi connectivity index (χ4n) is 1.00. The molecule has 0 radical (unpaired) electrons. The van der Waals surface area contributed by atoms with Crippen LogP contribution < -0.4 is 0 Å². The highest BCUT2D eigenvalue weighted by atomic mass is 16.7. The van der Waals surface area contributed by atoms with Crippen LogP contribution in [0.15, 0.2) is 30.3 Å². The van der Waals surface area contributed by atoms with E-state index >= 15 is 0 Å². The number of ether oxygens (including phenoxy) is 2. The Hall–Kier alpha value is -0.900. The summed E-state index contributed by atoms with van der Waals surface area (Å²) >= 11 is 0. The minimum Gasteiger partial charge on any atom is -0.364 e. The summed E-state index contributed by atoms with van der Waals surface area (Å²) in [5.74, 6) is -0.782. The molecule has 0 aromatic heterocycles. The molecule has 0 aliphatic heterocycles. The van der Waals surface area contributed by atoms with Gasteiger partial charge in [0, 0.05) is 12.7 Å². The monoisotopic (exact) mass is 196 g/mol. The Labute approximate surface area is 84.3 Å². The Kier molecular flexibility index (Phi) is 3.63. The van der Waals surface area contributed by atoms with E-state index in [0.717, 1.165) is 5.56 Å². The third-order valence-corrected chi connectivity index (χ3v) is 1.97. The van der Waals surface area contributed by atoms with Gasteiger partial charge in [0.1, 0.15) is 0 Å². The highest BCUT2D eigenvalue weighted by molar-refractivity contribution is 5.15. The molecule has 0 heterocycles. The van der Waals surface area contributed by atoms with Crippen LogP contribution in [0, 0.1) is 0 Å². The topological polar surface area (TPSA) is 38.7 Å². The van der Waals surface area contributed by atoms with Crippen molar-refractivity contribution in [3.63, 3.8) is 0 Å². The summed E-state index contributed by atoms with van der Waals surface area (Å²) in [7, 11) is 1.54. The largest absolute Gasteiger partial charge is 0.364 e. The maximum atomic E-state index is 9.69. The predicted octanol–water partition coefficient (Wildman–Crippen LogP) is 2.08. The van der Waals surface area contributed by atoms with Crippen molar-refractivity contribution >= 4 is 0 Å². The second-order valence-electron chi connectivity index (χ2n) is 3.48. The zero-order valence-corrected chi connectivity index (χ0v) is 8.73. The van der Waals surface area contributed by atoms with E-state index in [1.165, 1.54) is 7.11 Å². The van der Waals surface area contributed by atoms with Crippen molar-refractivity contribution in [2.75, 3.05) is 7.11 Å². The molecule has 1 rings (SSSR count). The Morgan fingerprint density at radius 2 is 1.79 bits per heavy atom. The number of aliphatic hydroxyl groups is 1. The lowest BCUT2D eigenvalue weighted by molar-refractivity contribution is -0.275. The zero-order chi connectivity index (χ0) is 10.6. The molecule has 1 N–H and O–H groups in total. The molecule has 1 atom stereocenters. The summed E-state index contributed by atoms with van der Waals surface area (Å²) in [6, 6.07) is 9.19. The molecule has 0 saturated heterocycles. The number of hydrogen-bond donors (Lipinski definition) is 1. The molecule has 0 aliphatic carbocycles. The van der Waals surface area contributed by atoms with E-state index < -0.39 is 12.1 Å². The van der Waals surface area contributed by atoms with Crippen molar-refractivity contribution in [1.82, 2.24) is 0 Å². The average molecular weight is 196 g/mol. The molecular formula is C11H16O3. The van der Waals surface area contributed by atoms with Crippen LogP contribution in [0.4, 0.5) is 0 Å². The molecule has 14 heavy (non-hydrogen) atoms. The lowest BCUT2D eigenvalue weighted by atomic mass is 10.2. The highest BCUT2D eigenvalue weighted by Gasteiger charge is 2.22. The van der Waals surface area contributed by atoms with Crippen molar-refractivity contribution in [1.29, 1.82) is 0 Å². The first-order chi connectivity index (χ1) is 6.55. The molecule has 0 bridgehead atoms. The van der Waals surface area contributed by atoms with Gasteiger partial charge in [0.15, 0.2) is 12.1 Å². The fourth-order valence-corrected chi connectivity index (χ4v) is 1.00. The Morgan fingerprint density at radius 3 is 2.29 bits per heavy atom. The maximum Gasteiger partial charge on any atom is 0.184 e. The van der Waals surface area contributed by atoms with Gasteiger partial charge in [-0.15, -0.1) is 0 Å². The standard InChI is InChI=1S/C11H16O3/c1-11(2,13-3)14-10(12)9-7-5-4-6-8-9/h4-8,10,12H,1-3H3/t10-/m1/s1. The Bertz CT molecular complexity index is 269. The van der Waals surface area contributed by atoms with Crippen LogP contribution in [-0.2, 0) is 9.47 Å². The van der Waals surface area contributed by atoms with Gasteiger partial charge in [-0.05, 0) is 13.8 Å². The van der Waals surface area contributed by atoms with Gasteiger partial charge in [-0.3, -0.25) is 0 Å². The lowest BCUT2D eigenvalue weighted by Gasteiger charge is -2.26. The van der Waals surface area contributed by atoms with Crippen molar-refractivity contribution in [2.45, 2.75) is 25.9 Å². The average Bonchev–Trinajstić information content (AvgIpc) is 2.19. The van der Waals surface area contributed by atoms with E-state index in [1.54, 1.807) is 26.0 Å². The minimum absolute atomic E-state index is 0.720. The van der Waals surface area contributed by atoms with E-state index in [2.05, 4.69) is 0 Å². The van der Waals surface area contributed by atoms with Gasteiger partial charge >= 0.3 is 0 Å². The fraction of sp³-hybridized carbons (Fsp3) is 0.455. The molecule has 3 nitrogen and oxygen atoms in total. The van der Waals surface area contributed by atoms with Gasteiger partial charge in [0.05, 0.1) is 0 Å². The summed E-state index contributed by atoms with van der Waals surface area (Å²) < 4.78 is 10.4. The third-order valence-electron chi connectivity index (χ3n) is 1.97. The molecule has 0 unspecified atom stereocenters. The van der Waals surface area contributed by atoms with Crippen molar-refractivity contribution in [3.05, 3.63) is 35.9 Å². The number of methoxy groups -OCH3 is 1. The summed E-state index contributed by atoms with van der Waals surface area (Å²) in [6.07, 6.45) is -0.953. The quantitative estimate of drug-likeness (QED) is 0.749. The molecular weight excluding hydrogens is 180 g/mol. The van der Waals surface area contributed by atoms with E-state index in [0.29, 0.717) is 0 Å². The molecule has 78 valence electrons. The highest BCUT2D eigenvalue weighted by Crippen LogP contribution is 2.21. The van der Waals surface area contributed by atoms with Crippen molar-refractivity contribution in [2.24, 2.45) is 0 Å². The first kappa shape index (κ1) is 11.2. The van der Waals surface area contributed by atoms with Gasteiger partial charge in [0.2, 0.25) is 0 Å². The van der Waals surface area contributed by atoms with Crippen LogP contribution in [-0.4, -0.2) is 18.0 Å². The van der Waals surface area contributed by atoms with Crippen LogP contribution in [0.2, 0.25) is 0 Å².